The summed E-state index contributed by atoms with van der Waals surface area (Å²) >= 11 is 0. The average Bonchev–Trinajstić information content (AvgIpc) is 2.79. The van der Waals surface area contributed by atoms with Gasteiger partial charge in [-0.05, 0) is 41.8 Å². The Labute approximate surface area is 161 Å². The van der Waals surface area contributed by atoms with E-state index in [1.165, 1.54) is 0 Å². The third-order valence-electron chi connectivity index (χ3n) is 4.25. The van der Waals surface area contributed by atoms with Crippen LogP contribution < -0.4 is 15.5 Å². The van der Waals surface area contributed by atoms with Gasteiger partial charge in [-0.1, -0.05) is 30.3 Å². The number of aromatic nitrogens is 1. The minimum absolute atomic E-state index is 0.212. The number of para-hydroxylation sites is 1. The van der Waals surface area contributed by atoms with Gasteiger partial charge in [-0.25, -0.2) is 8.42 Å². The number of nitrogens with one attached hydrogen (secondary N) is 2. The molecule has 6 nitrogen and oxygen atoms in total. The van der Waals surface area contributed by atoms with E-state index < -0.39 is 10.0 Å². The largest absolute Gasteiger partial charge is 0.354 e. The Morgan fingerprint density at radius 3 is 2.29 bits per heavy atom. The highest BCUT2D eigenvalue weighted by Gasteiger charge is 2.08. The van der Waals surface area contributed by atoms with Gasteiger partial charge in [-0.3, -0.25) is 14.5 Å². The van der Waals surface area contributed by atoms with E-state index in [1.54, 1.807) is 42.6 Å². The zero-order chi connectivity index (χ0) is 19.7. The Morgan fingerprint density at radius 1 is 0.821 bits per heavy atom. The third-order valence-corrected chi connectivity index (χ3v) is 4.85. The first kappa shape index (κ1) is 17.9. The van der Waals surface area contributed by atoms with Gasteiger partial charge in [0.2, 0.25) is 10.0 Å². The fourth-order valence-corrected chi connectivity index (χ4v) is 3.59. The predicted molar refractivity (Wildman–Crippen MR) is 114 cm³/mol. The monoisotopic (exact) mass is 391 g/mol. The smallest absolute Gasteiger partial charge is 0.229 e. The highest BCUT2D eigenvalue weighted by atomic mass is 32.2. The SMILES string of the molecule is CS(=O)(=O)Nc1ccc2ccc3ncc(Nc4ccccc4)cc3c(=O)c2c1. The van der Waals surface area contributed by atoms with Crippen LogP contribution in [0.4, 0.5) is 17.1 Å². The molecule has 0 aliphatic rings. The Bertz CT molecular complexity index is 1350. The summed E-state index contributed by atoms with van der Waals surface area (Å²) in [5, 5.41) is 4.81. The molecule has 4 aromatic rings. The van der Waals surface area contributed by atoms with Crippen molar-refractivity contribution in [2.45, 2.75) is 0 Å². The van der Waals surface area contributed by atoms with Gasteiger partial charge in [0.15, 0.2) is 5.43 Å². The number of fused-ring (bicyclic) bond motifs is 2. The minimum Gasteiger partial charge on any atom is -0.354 e. The molecule has 7 heteroatoms. The lowest BCUT2D eigenvalue weighted by molar-refractivity contribution is 0.607. The van der Waals surface area contributed by atoms with E-state index in [0.29, 0.717) is 33.1 Å². The summed E-state index contributed by atoms with van der Waals surface area (Å²) in [5.41, 5.74) is 2.29. The molecule has 0 fully saturated rings. The first-order valence-corrected chi connectivity index (χ1v) is 10.4. The van der Waals surface area contributed by atoms with Crippen LogP contribution in [0.25, 0.3) is 21.7 Å². The van der Waals surface area contributed by atoms with Crippen LogP contribution in [0.3, 0.4) is 0 Å². The van der Waals surface area contributed by atoms with Crippen molar-refractivity contribution in [2.24, 2.45) is 0 Å². The van der Waals surface area contributed by atoms with Crippen molar-refractivity contribution in [2.75, 3.05) is 16.3 Å². The Hall–Kier alpha value is -3.45. The number of nitrogens with zero attached hydrogens (tertiary/aromatic N) is 1. The van der Waals surface area contributed by atoms with Gasteiger partial charge >= 0.3 is 0 Å². The second-order valence-corrected chi connectivity index (χ2v) is 8.23. The fourth-order valence-electron chi connectivity index (χ4n) is 3.04. The second kappa shape index (κ2) is 6.94. The molecule has 3 aromatic carbocycles. The molecule has 0 saturated heterocycles. The first-order valence-electron chi connectivity index (χ1n) is 8.56. The Kier molecular flexibility index (Phi) is 4.44. The van der Waals surface area contributed by atoms with Crippen LogP contribution in [0.2, 0.25) is 0 Å². The fraction of sp³-hybridized carbons (Fsp3) is 0.0476. The molecule has 140 valence electrons. The summed E-state index contributed by atoms with van der Waals surface area (Å²) in [4.78, 5) is 17.6. The van der Waals surface area contributed by atoms with Crippen LogP contribution in [0.5, 0.6) is 0 Å². The van der Waals surface area contributed by atoms with Gasteiger partial charge in [-0.2, -0.15) is 0 Å². The molecule has 2 N–H and O–H groups in total. The molecule has 28 heavy (non-hydrogen) atoms. The normalized spacial score (nSPS) is 11.5. The van der Waals surface area contributed by atoms with Crippen LogP contribution in [0.15, 0.2) is 77.7 Å². The first-order chi connectivity index (χ1) is 13.4. The van der Waals surface area contributed by atoms with E-state index in [9.17, 15) is 13.2 Å². The molecule has 0 amide bonds. The van der Waals surface area contributed by atoms with E-state index in [1.807, 2.05) is 30.3 Å². The number of benzene rings is 2. The molecule has 0 aliphatic heterocycles. The number of pyridine rings is 1. The van der Waals surface area contributed by atoms with Gasteiger partial charge < -0.3 is 5.32 Å². The maximum absolute atomic E-state index is 13.2. The van der Waals surface area contributed by atoms with E-state index in [2.05, 4.69) is 15.0 Å². The number of rotatable bonds is 4. The van der Waals surface area contributed by atoms with Crippen molar-refractivity contribution in [3.05, 3.63) is 83.2 Å². The number of sulfonamides is 1. The summed E-state index contributed by atoms with van der Waals surface area (Å²) in [5.74, 6) is 0. The molecule has 0 spiro atoms. The van der Waals surface area contributed by atoms with Gasteiger partial charge in [0, 0.05) is 16.8 Å². The van der Waals surface area contributed by atoms with Crippen LogP contribution in [0, 0.1) is 0 Å². The zero-order valence-electron chi connectivity index (χ0n) is 15.0. The van der Waals surface area contributed by atoms with E-state index in [4.69, 9.17) is 0 Å². The highest BCUT2D eigenvalue weighted by Crippen LogP contribution is 2.22. The number of hydrogen-bond donors (Lipinski definition) is 2. The van der Waals surface area contributed by atoms with Crippen LogP contribution >= 0.6 is 0 Å². The molecular formula is C21H17N3O3S. The molecule has 0 saturated carbocycles. The molecule has 0 aliphatic carbocycles. The zero-order valence-corrected chi connectivity index (χ0v) is 15.8. The van der Waals surface area contributed by atoms with Crippen molar-refractivity contribution >= 4 is 48.8 Å². The van der Waals surface area contributed by atoms with Crippen molar-refractivity contribution in [3.8, 4) is 0 Å². The van der Waals surface area contributed by atoms with Gasteiger partial charge in [0.1, 0.15) is 0 Å². The third kappa shape index (κ3) is 3.79. The average molecular weight is 391 g/mol. The quantitative estimate of drug-likeness (QED) is 0.551. The molecule has 0 radical (unpaired) electrons. The molecular weight excluding hydrogens is 374 g/mol. The van der Waals surface area contributed by atoms with Crippen LogP contribution in [0.1, 0.15) is 0 Å². The lowest BCUT2D eigenvalue weighted by Gasteiger charge is -2.06. The van der Waals surface area contributed by atoms with Crippen molar-refractivity contribution in [1.29, 1.82) is 0 Å². The summed E-state index contributed by atoms with van der Waals surface area (Å²) in [6.07, 6.45) is 2.75. The maximum atomic E-state index is 13.2. The van der Waals surface area contributed by atoms with Crippen LogP contribution in [-0.4, -0.2) is 19.7 Å². The summed E-state index contributed by atoms with van der Waals surface area (Å²) in [6.45, 7) is 0. The van der Waals surface area contributed by atoms with Crippen molar-refractivity contribution < 1.29 is 8.42 Å². The Balaban J connectivity index is 1.88. The maximum Gasteiger partial charge on any atom is 0.229 e. The lowest BCUT2D eigenvalue weighted by Crippen LogP contribution is -2.10. The summed E-state index contributed by atoms with van der Waals surface area (Å²) in [7, 11) is -3.43. The van der Waals surface area contributed by atoms with Gasteiger partial charge in [0.05, 0.1) is 29.0 Å². The van der Waals surface area contributed by atoms with Crippen molar-refractivity contribution in [3.63, 3.8) is 0 Å². The van der Waals surface area contributed by atoms with Gasteiger partial charge in [0.25, 0.3) is 0 Å². The second-order valence-electron chi connectivity index (χ2n) is 6.49. The van der Waals surface area contributed by atoms with Gasteiger partial charge in [-0.15, -0.1) is 0 Å². The highest BCUT2D eigenvalue weighted by molar-refractivity contribution is 7.92. The minimum atomic E-state index is -3.43. The molecule has 0 bridgehead atoms. The molecule has 0 unspecified atom stereocenters. The summed E-state index contributed by atoms with van der Waals surface area (Å²) in [6, 6.07) is 19.8. The molecule has 1 heterocycles. The van der Waals surface area contributed by atoms with E-state index in [-0.39, 0.29) is 5.43 Å². The summed E-state index contributed by atoms with van der Waals surface area (Å²) < 4.78 is 25.4. The lowest BCUT2D eigenvalue weighted by atomic mass is 10.1. The van der Waals surface area contributed by atoms with Crippen LogP contribution in [-0.2, 0) is 10.0 Å². The molecule has 4 rings (SSSR count). The van der Waals surface area contributed by atoms with Crippen molar-refractivity contribution in [1.82, 2.24) is 4.98 Å². The molecule has 1 aromatic heterocycles. The van der Waals surface area contributed by atoms with E-state index in [0.717, 1.165) is 11.9 Å². The standard InChI is InChI=1S/C21H17N3O3S/c1-28(26,27)24-16-9-7-14-8-10-20-19(21(25)18(14)11-16)12-17(13-22-20)23-15-5-3-2-4-6-15/h2-13,23-24H,1H3. The number of hydrogen-bond acceptors (Lipinski definition) is 5. The topological polar surface area (TPSA) is 88.2 Å². The Morgan fingerprint density at radius 2 is 1.54 bits per heavy atom. The predicted octanol–water partition coefficient (Wildman–Crippen LogP) is 3.86. The molecule has 0 atom stereocenters. The number of anilines is 3. The van der Waals surface area contributed by atoms with E-state index >= 15 is 0 Å².